The number of phosphoric ester groups is 1. The van der Waals surface area contributed by atoms with Crippen molar-refractivity contribution >= 4 is 45.2 Å². The molecule has 0 aliphatic carbocycles. The fraction of sp³-hybridized carbons (Fsp3) is 1.00. The Hall–Kier alpha value is 1.22. The van der Waals surface area contributed by atoms with Crippen molar-refractivity contribution in [1.82, 2.24) is 0 Å². The van der Waals surface area contributed by atoms with Crippen LogP contribution in [0.5, 0.6) is 0 Å². The Kier molecular flexibility index (Phi) is 8.52. The van der Waals surface area contributed by atoms with Crippen LogP contribution in [0.1, 0.15) is 0 Å². The second kappa shape index (κ2) is 6.66. The van der Waals surface area contributed by atoms with Crippen LogP contribution in [0.15, 0.2) is 0 Å². The van der Waals surface area contributed by atoms with Gasteiger partial charge in [-0.3, -0.25) is 4.52 Å². The first-order valence-electron chi connectivity index (χ1n) is 2.62. The van der Waals surface area contributed by atoms with Crippen molar-refractivity contribution in [3.05, 3.63) is 0 Å². The van der Waals surface area contributed by atoms with Gasteiger partial charge in [0.15, 0.2) is 0 Å². The predicted octanol–water partition coefficient (Wildman–Crippen LogP) is -1.44. The summed E-state index contributed by atoms with van der Waals surface area (Å²) in [6.07, 6.45) is 0. The van der Waals surface area contributed by atoms with Crippen LogP contribution in [0.25, 0.3) is 0 Å². The molecule has 4 N–H and O–H groups in total. The maximum absolute atomic E-state index is 10.5. The van der Waals surface area contributed by atoms with Gasteiger partial charge < -0.3 is 19.8 Å². The Bertz CT molecular complexity index is 222. The SMILES string of the molecule is O=P(O)(O)OP(=O)(O)OCCO.[NaH]. The standard InChI is InChI=1S/C2H8O8P2.Na.H/c3-1-2-9-12(7,8)10-11(4,5)6;;/h3H,1-2H2,(H,7,8)(H2,4,5,6);;. The van der Waals surface area contributed by atoms with E-state index in [0.717, 1.165) is 0 Å². The average Bonchev–Trinajstić information content (AvgIpc) is 1.78. The molecule has 0 bridgehead atoms. The van der Waals surface area contributed by atoms with Crippen LogP contribution in [0, 0.1) is 0 Å². The van der Waals surface area contributed by atoms with Crippen LogP contribution in [-0.4, -0.2) is 62.6 Å². The fourth-order valence-electron chi connectivity index (χ4n) is 0.314. The number of hydrogen-bond acceptors (Lipinski definition) is 5. The predicted molar refractivity (Wildman–Crippen MR) is 43.1 cm³/mol. The summed E-state index contributed by atoms with van der Waals surface area (Å²) in [6, 6.07) is 0. The molecule has 0 fully saturated rings. The number of phosphoric acid groups is 2. The summed E-state index contributed by atoms with van der Waals surface area (Å²) in [5.41, 5.74) is 0. The van der Waals surface area contributed by atoms with Gasteiger partial charge in [0, 0.05) is 0 Å². The van der Waals surface area contributed by atoms with Crippen LogP contribution in [0.3, 0.4) is 0 Å². The van der Waals surface area contributed by atoms with Crippen LogP contribution in [0.2, 0.25) is 0 Å². The van der Waals surface area contributed by atoms with E-state index in [0.29, 0.717) is 0 Å². The molecule has 0 rings (SSSR count). The average molecular weight is 246 g/mol. The van der Waals surface area contributed by atoms with Crippen LogP contribution < -0.4 is 0 Å². The molecule has 0 saturated heterocycles. The molecule has 8 nitrogen and oxygen atoms in total. The summed E-state index contributed by atoms with van der Waals surface area (Å²) in [5.74, 6) is 0. The second-order valence-corrected chi connectivity index (χ2v) is 4.43. The van der Waals surface area contributed by atoms with Gasteiger partial charge in [0.25, 0.3) is 0 Å². The first kappa shape index (κ1) is 16.6. The molecular formula is C2H9NaO8P2. The summed E-state index contributed by atoms with van der Waals surface area (Å²) in [6.45, 7) is -1.11. The zero-order chi connectivity index (χ0) is 9.83. The van der Waals surface area contributed by atoms with Crippen LogP contribution >= 0.6 is 15.6 Å². The Morgan fingerprint density at radius 2 is 1.62 bits per heavy atom. The molecule has 11 heteroatoms. The summed E-state index contributed by atoms with van der Waals surface area (Å²) in [4.78, 5) is 24.6. The Morgan fingerprint density at radius 3 is 1.92 bits per heavy atom. The van der Waals surface area contributed by atoms with Crippen molar-refractivity contribution in [3.8, 4) is 0 Å². The third-order valence-electron chi connectivity index (χ3n) is 0.555. The number of hydrogen-bond donors (Lipinski definition) is 4. The molecule has 13 heavy (non-hydrogen) atoms. The first-order valence-corrected chi connectivity index (χ1v) is 5.64. The summed E-state index contributed by atoms with van der Waals surface area (Å²) >= 11 is 0. The molecular weight excluding hydrogens is 237 g/mol. The topological polar surface area (TPSA) is 134 Å². The van der Waals surface area contributed by atoms with E-state index < -0.39 is 28.9 Å². The molecule has 0 spiro atoms. The van der Waals surface area contributed by atoms with Gasteiger partial charge in [-0.15, -0.1) is 0 Å². The number of rotatable bonds is 5. The van der Waals surface area contributed by atoms with Crippen molar-refractivity contribution in [1.29, 1.82) is 0 Å². The van der Waals surface area contributed by atoms with E-state index in [2.05, 4.69) is 8.83 Å². The van der Waals surface area contributed by atoms with E-state index >= 15 is 0 Å². The minimum absolute atomic E-state index is 0. The summed E-state index contributed by atoms with van der Waals surface area (Å²) < 4.78 is 27.8. The second-order valence-electron chi connectivity index (χ2n) is 1.60. The van der Waals surface area contributed by atoms with Crippen molar-refractivity contribution in [2.24, 2.45) is 0 Å². The Morgan fingerprint density at radius 1 is 1.15 bits per heavy atom. The molecule has 0 aromatic rings. The zero-order valence-corrected chi connectivity index (χ0v) is 7.52. The van der Waals surface area contributed by atoms with Crippen molar-refractivity contribution < 1.29 is 37.8 Å². The summed E-state index contributed by atoms with van der Waals surface area (Å²) in [7, 11) is -9.80. The molecule has 1 atom stereocenters. The Labute approximate surface area is 96.0 Å². The van der Waals surface area contributed by atoms with Crippen molar-refractivity contribution in [3.63, 3.8) is 0 Å². The number of aliphatic hydroxyl groups is 1. The van der Waals surface area contributed by atoms with E-state index in [1.54, 1.807) is 0 Å². The molecule has 0 heterocycles. The molecule has 0 aromatic heterocycles. The van der Waals surface area contributed by atoms with Crippen LogP contribution in [0.4, 0.5) is 0 Å². The molecule has 0 aliphatic heterocycles. The fourth-order valence-corrected chi connectivity index (χ4v) is 1.89. The van der Waals surface area contributed by atoms with Gasteiger partial charge in [0.2, 0.25) is 0 Å². The quantitative estimate of drug-likeness (QED) is 0.342. The molecule has 0 aromatic carbocycles. The molecule has 1 unspecified atom stereocenters. The van der Waals surface area contributed by atoms with E-state index in [9.17, 15) is 9.13 Å². The van der Waals surface area contributed by atoms with Gasteiger partial charge in [-0.2, -0.15) is 4.31 Å². The van der Waals surface area contributed by atoms with E-state index in [1.807, 2.05) is 0 Å². The van der Waals surface area contributed by atoms with Gasteiger partial charge in [0.05, 0.1) is 13.2 Å². The van der Waals surface area contributed by atoms with Crippen molar-refractivity contribution in [2.75, 3.05) is 13.2 Å². The van der Waals surface area contributed by atoms with E-state index in [-0.39, 0.29) is 29.6 Å². The van der Waals surface area contributed by atoms with Gasteiger partial charge in [-0.05, 0) is 0 Å². The Balaban J connectivity index is 0. The zero-order valence-electron chi connectivity index (χ0n) is 5.73. The molecule has 76 valence electrons. The molecule has 0 amide bonds. The first-order chi connectivity index (χ1) is 5.27. The van der Waals surface area contributed by atoms with Gasteiger partial charge >= 0.3 is 45.2 Å². The van der Waals surface area contributed by atoms with E-state index in [4.69, 9.17) is 19.8 Å². The van der Waals surface area contributed by atoms with Crippen LogP contribution in [-0.2, 0) is 18.0 Å². The minimum atomic E-state index is -5.05. The third-order valence-corrected chi connectivity index (χ3v) is 2.74. The van der Waals surface area contributed by atoms with Gasteiger partial charge in [-0.1, -0.05) is 0 Å². The monoisotopic (exact) mass is 246 g/mol. The molecule has 0 aliphatic rings. The third kappa shape index (κ3) is 11.1. The molecule has 0 saturated carbocycles. The van der Waals surface area contributed by atoms with E-state index in [1.165, 1.54) is 0 Å². The van der Waals surface area contributed by atoms with Gasteiger partial charge in [-0.25, -0.2) is 9.13 Å². The normalized spacial score (nSPS) is 16.0. The maximum atomic E-state index is 10.5. The number of aliphatic hydroxyl groups excluding tert-OH is 1. The molecule has 0 radical (unpaired) electrons. The van der Waals surface area contributed by atoms with Crippen molar-refractivity contribution in [2.45, 2.75) is 0 Å². The summed E-state index contributed by atoms with van der Waals surface area (Å²) in [5, 5.41) is 8.12. The van der Waals surface area contributed by atoms with Gasteiger partial charge in [0.1, 0.15) is 0 Å².